The van der Waals surface area contributed by atoms with E-state index in [-0.39, 0.29) is 0 Å². The van der Waals surface area contributed by atoms with Crippen molar-refractivity contribution in [2.45, 2.75) is 18.8 Å². The summed E-state index contributed by atoms with van der Waals surface area (Å²) in [6.07, 6.45) is 2.12. The molecule has 208 valence electrons. The van der Waals surface area contributed by atoms with Gasteiger partial charge in [0.15, 0.2) is 0 Å². The van der Waals surface area contributed by atoms with Crippen molar-refractivity contribution in [3.63, 3.8) is 0 Å². The minimum absolute atomic E-state index is 0.326. The van der Waals surface area contributed by atoms with Crippen LogP contribution in [0.5, 0.6) is 0 Å². The van der Waals surface area contributed by atoms with E-state index in [1.165, 1.54) is 77.2 Å². The van der Waals surface area contributed by atoms with Gasteiger partial charge in [-0.1, -0.05) is 133 Å². The summed E-state index contributed by atoms with van der Waals surface area (Å²) in [4.78, 5) is 0. The topological polar surface area (TPSA) is 4.93 Å². The van der Waals surface area contributed by atoms with Crippen LogP contribution >= 0.6 is 0 Å². The number of benzene rings is 7. The van der Waals surface area contributed by atoms with Gasteiger partial charge in [0.25, 0.3) is 0 Å². The molecule has 1 atom stereocenters. The Morgan fingerprint density at radius 3 is 1.95 bits per heavy atom. The lowest BCUT2D eigenvalue weighted by Crippen LogP contribution is -2.00. The van der Waals surface area contributed by atoms with E-state index in [1.807, 2.05) is 0 Å². The molecule has 1 nitrogen and oxygen atoms in total. The minimum Gasteiger partial charge on any atom is -0.309 e. The Kier molecular flexibility index (Phi) is 5.77. The molecule has 1 heterocycles. The van der Waals surface area contributed by atoms with Crippen LogP contribution in [-0.2, 0) is 6.42 Å². The SMILES string of the molecule is c1ccc(CCC2c3ccccc3-c3ccc4c(c32)c2cc(-c3ccccc3)c3ccccc3c2n4-c2ccccc2)cc1. The first-order valence-corrected chi connectivity index (χ1v) is 15.6. The molecule has 9 rings (SSSR count). The van der Waals surface area contributed by atoms with E-state index in [1.54, 1.807) is 0 Å². The lowest BCUT2D eigenvalue weighted by Gasteiger charge is -2.16. The Balaban J connectivity index is 1.42. The molecule has 0 N–H and O–H groups in total. The molecular formula is C43H31N. The Labute approximate surface area is 257 Å². The lowest BCUT2D eigenvalue weighted by molar-refractivity contribution is 0.734. The number of aromatic nitrogens is 1. The Bertz CT molecular complexity index is 2310. The van der Waals surface area contributed by atoms with Gasteiger partial charge in [0.05, 0.1) is 11.0 Å². The van der Waals surface area contributed by atoms with E-state index in [0.29, 0.717) is 5.92 Å². The van der Waals surface area contributed by atoms with Crippen molar-refractivity contribution in [3.05, 3.63) is 174 Å². The van der Waals surface area contributed by atoms with Gasteiger partial charge in [-0.2, -0.15) is 0 Å². The highest BCUT2D eigenvalue weighted by Crippen LogP contribution is 2.53. The maximum absolute atomic E-state index is 2.51. The molecule has 0 spiro atoms. The number of para-hydroxylation sites is 1. The highest BCUT2D eigenvalue weighted by atomic mass is 15.0. The molecule has 0 saturated carbocycles. The Morgan fingerprint density at radius 2 is 1.16 bits per heavy atom. The van der Waals surface area contributed by atoms with Crippen molar-refractivity contribution in [3.8, 4) is 27.9 Å². The predicted octanol–water partition coefficient (Wildman–Crippen LogP) is 11.3. The van der Waals surface area contributed by atoms with Crippen LogP contribution in [0.4, 0.5) is 0 Å². The predicted molar refractivity (Wildman–Crippen MR) is 186 cm³/mol. The van der Waals surface area contributed by atoms with E-state index >= 15 is 0 Å². The first-order valence-electron chi connectivity index (χ1n) is 15.6. The monoisotopic (exact) mass is 561 g/mol. The van der Waals surface area contributed by atoms with E-state index in [2.05, 4.69) is 162 Å². The standard InChI is InChI=1S/C43H31N/c1-4-14-29(15-5-1)24-25-35-32-20-10-11-21-33(32)36-26-27-40-42(41(35)36)39-28-38(30-16-6-2-7-17-30)34-22-12-13-23-37(34)43(39)44(40)31-18-8-3-9-19-31/h1-23,26-28,35H,24-25H2. The molecule has 1 unspecified atom stereocenters. The first kappa shape index (κ1) is 25.1. The highest BCUT2D eigenvalue weighted by Gasteiger charge is 2.32. The quantitative estimate of drug-likeness (QED) is 0.197. The molecule has 0 amide bonds. The number of hydrogen-bond donors (Lipinski definition) is 0. The third-order valence-corrected chi connectivity index (χ3v) is 9.61. The highest BCUT2D eigenvalue weighted by molar-refractivity contribution is 6.24. The largest absolute Gasteiger partial charge is 0.309 e. The van der Waals surface area contributed by atoms with Gasteiger partial charge >= 0.3 is 0 Å². The summed E-state index contributed by atoms with van der Waals surface area (Å²) in [5.74, 6) is 0.326. The van der Waals surface area contributed by atoms with Crippen molar-refractivity contribution in [2.24, 2.45) is 0 Å². The molecule has 0 saturated heterocycles. The van der Waals surface area contributed by atoms with Gasteiger partial charge in [0, 0.05) is 27.8 Å². The van der Waals surface area contributed by atoms with Gasteiger partial charge in [-0.3, -0.25) is 0 Å². The molecule has 1 heteroatoms. The summed E-state index contributed by atoms with van der Waals surface area (Å²) < 4.78 is 2.51. The van der Waals surface area contributed by atoms with Gasteiger partial charge in [-0.05, 0) is 81.4 Å². The second-order valence-corrected chi connectivity index (χ2v) is 12.0. The fourth-order valence-corrected chi connectivity index (χ4v) is 7.75. The molecule has 0 bridgehead atoms. The summed E-state index contributed by atoms with van der Waals surface area (Å²) in [5.41, 5.74) is 13.4. The molecule has 1 aromatic heterocycles. The van der Waals surface area contributed by atoms with Crippen LogP contribution in [-0.4, -0.2) is 4.57 Å². The maximum Gasteiger partial charge on any atom is 0.0620 e. The molecule has 44 heavy (non-hydrogen) atoms. The number of fused-ring (bicyclic) bond motifs is 9. The van der Waals surface area contributed by atoms with E-state index in [4.69, 9.17) is 0 Å². The van der Waals surface area contributed by atoms with Crippen LogP contribution < -0.4 is 0 Å². The molecule has 0 radical (unpaired) electrons. The molecule has 0 aliphatic heterocycles. The van der Waals surface area contributed by atoms with E-state index in [9.17, 15) is 0 Å². The van der Waals surface area contributed by atoms with Gasteiger partial charge in [0.2, 0.25) is 0 Å². The molecule has 1 aliphatic carbocycles. The van der Waals surface area contributed by atoms with Crippen LogP contribution in [0.25, 0.3) is 60.5 Å². The Morgan fingerprint density at radius 1 is 0.500 bits per heavy atom. The smallest absolute Gasteiger partial charge is 0.0620 e. The zero-order chi connectivity index (χ0) is 29.0. The zero-order valence-corrected chi connectivity index (χ0v) is 24.4. The van der Waals surface area contributed by atoms with Crippen LogP contribution in [0, 0.1) is 0 Å². The number of rotatable bonds is 5. The lowest BCUT2D eigenvalue weighted by atomic mass is 9.87. The van der Waals surface area contributed by atoms with E-state index < -0.39 is 0 Å². The number of nitrogens with zero attached hydrogens (tertiary/aromatic N) is 1. The summed E-state index contributed by atoms with van der Waals surface area (Å²) in [5, 5.41) is 5.29. The van der Waals surface area contributed by atoms with Gasteiger partial charge in [0.1, 0.15) is 0 Å². The molecule has 0 fully saturated rings. The Hall–Kier alpha value is -5.40. The summed E-state index contributed by atoms with van der Waals surface area (Å²) in [6.45, 7) is 0. The average molecular weight is 562 g/mol. The average Bonchev–Trinajstić information content (AvgIpc) is 3.61. The van der Waals surface area contributed by atoms with Gasteiger partial charge in [-0.15, -0.1) is 0 Å². The van der Waals surface area contributed by atoms with Crippen LogP contribution in [0.3, 0.4) is 0 Å². The van der Waals surface area contributed by atoms with Crippen LogP contribution in [0.1, 0.15) is 29.0 Å². The third-order valence-electron chi connectivity index (χ3n) is 9.61. The number of hydrogen-bond acceptors (Lipinski definition) is 0. The second kappa shape index (κ2) is 10.1. The van der Waals surface area contributed by atoms with Gasteiger partial charge in [-0.25, -0.2) is 0 Å². The van der Waals surface area contributed by atoms with Crippen LogP contribution in [0.15, 0.2) is 158 Å². The van der Waals surface area contributed by atoms with Crippen molar-refractivity contribution in [1.29, 1.82) is 0 Å². The molecule has 7 aromatic carbocycles. The van der Waals surface area contributed by atoms with Crippen LogP contribution in [0.2, 0.25) is 0 Å². The first-order chi connectivity index (χ1) is 21.9. The maximum atomic E-state index is 2.51. The van der Waals surface area contributed by atoms with Gasteiger partial charge < -0.3 is 4.57 Å². The molecule has 8 aromatic rings. The fourth-order valence-electron chi connectivity index (χ4n) is 7.75. The van der Waals surface area contributed by atoms with Crippen molar-refractivity contribution < 1.29 is 0 Å². The second-order valence-electron chi connectivity index (χ2n) is 12.0. The summed E-state index contributed by atoms with van der Waals surface area (Å²) in [6, 6.07) is 58.0. The van der Waals surface area contributed by atoms with E-state index in [0.717, 1.165) is 12.8 Å². The van der Waals surface area contributed by atoms with Crippen molar-refractivity contribution in [1.82, 2.24) is 4.57 Å². The molecular weight excluding hydrogens is 530 g/mol. The minimum atomic E-state index is 0.326. The normalized spacial score (nSPS) is 13.9. The fraction of sp³-hybridized carbons (Fsp3) is 0.0698. The van der Waals surface area contributed by atoms with Crippen molar-refractivity contribution in [2.75, 3.05) is 0 Å². The number of aryl methyl sites for hydroxylation is 1. The summed E-state index contributed by atoms with van der Waals surface area (Å²) >= 11 is 0. The summed E-state index contributed by atoms with van der Waals surface area (Å²) in [7, 11) is 0. The zero-order valence-electron chi connectivity index (χ0n) is 24.4. The molecule has 1 aliphatic rings. The third kappa shape index (κ3) is 3.79. The van der Waals surface area contributed by atoms with Crippen molar-refractivity contribution >= 4 is 32.6 Å².